The van der Waals surface area contributed by atoms with Crippen LogP contribution < -0.4 is 9.86 Å². The number of nitrogens with two attached hydrogens (primary N) is 1. The average Bonchev–Trinajstić information content (AvgIpc) is 2.01. The fraction of sp³-hybridized carbons (Fsp3) is 0.250. The van der Waals surface area contributed by atoms with Gasteiger partial charge in [0.15, 0.2) is 0 Å². The molecule has 0 unspecified atom stereocenters. The lowest BCUT2D eigenvalue weighted by Crippen LogP contribution is -2.32. The highest BCUT2D eigenvalue weighted by atomic mass is 79.9. The summed E-state index contributed by atoms with van der Waals surface area (Å²) in [4.78, 5) is 0. The minimum atomic E-state index is -3.65. The van der Waals surface area contributed by atoms with Crippen LogP contribution in [0.2, 0.25) is 0 Å². The first-order chi connectivity index (χ1) is 6.38. The first kappa shape index (κ1) is 11.6. The van der Waals surface area contributed by atoms with Crippen LogP contribution in [0.25, 0.3) is 0 Å². The third-order valence-corrected chi connectivity index (χ3v) is 2.87. The van der Waals surface area contributed by atoms with E-state index < -0.39 is 10.2 Å². The maximum atomic E-state index is 10.8. The molecule has 0 bridgehead atoms. The zero-order valence-corrected chi connectivity index (χ0v) is 9.97. The molecule has 0 aromatic heterocycles. The number of rotatable bonds is 3. The summed E-state index contributed by atoms with van der Waals surface area (Å²) in [5.74, 6) is 0. The first-order valence-corrected chi connectivity index (χ1v) is 6.28. The Morgan fingerprint density at radius 3 is 2.64 bits per heavy atom. The fourth-order valence-electron chi connectivity index (χ4n) is 1.09. The second kappa shape index (κ2) is 4.39. The minimum absolute atomic E-state index is 0.331. The summed E-state index contributed by atoms with van der Waals surface area (Å²) < 4.78 is 24.7. The van der Waals surface area contributed by atoms with Gasteiger partial charge in [-0.1, -0.05) is 28.1 Å². The summed E-state index contributed by atoms with van der Waals surface area (Å²) in [5.41, 5.74) is 0.855. The lowest BCUT2D eigenvalue weighted by atomic mass is 10.1. The normalized spacial score (nSPS) is 13.9. The predicted molar refractivity (Wildman–Crippen MR) is 58.8 cm³/mol. The Morgan fingerprint density at radius 1 is 1.50 bits per heavy atom. The molecular weight excluding hydrogens is 268 g/mol. The van der Waals surface area contributed by atoms with Gasteiger partial charge in [0, 0.05) is 10.5 Å². The molecule has 0 fully saturated rings. The molecule has 0 saturated carbocycles. The third-order valence-electron chi connectivity index (χ3n) is 1.69. The van der Waals surface area contributed by atoms with Crippen LogP contribution in [0.3, 0.4) is 0 Å². The highest BCUT2D eigenvalue weighted by Crippen LogP contribution is 2.17. The Balaban J connectivity index is 2.85. The maximum Gasteiger partial charge on any atom is 0.274 e. The van der Waals surface area contributed by atoms with Gasteiger partial charge in [-0.2, -0.15) is 13.1 Å². The number of hydrogen-bond donors (Lipinski definition) is 2. The number of hydrogen-bond acceptors (Lipinski definition) is 2. The number of halogens is 1. The van der Waals surface area contributed by atoms with Gasteiger partial charge in [0.05, 0.1) is 0 Å². The van der Waals surface area contributed by atoms with Crippen molar-refractivity contribution in [2.24, 2.45) is 5.14 Å². The predicted octanol–water partition coefficient (Wildman–Crippen LogP) is 1.30. The summed E-state index contributed by atoms with van der Waals surface area (Å²) in [6.07, 6.45) is 0. The van der Waals surface area contributed by atoms with Crippen LogP contribution in [0.15, 0.2) is 28.7 Å². The van der Waals surface area contributed by atoms with E-state index in [4.69, 9.17) is 5.14 Å². The van der Waals surface area contributed by atoms with Crippen molar-refractivity contribution < 1.29 is 8.42 Å². The molecule has 6 heteroatoms. The van der Waals surface area contributed by atoms with Crippen molar-refractivity contribution in [1.82, 2.24) is 4.72 Å². The van der Waals surface area contributed by atoms with Gasteiger partial charge in [0.2, 0.25) is 0 Å². The maximum absolute atomic E-state index is 10.8. The standard InChI is InChI=1S/C8H11BrN2O2S/c1-6(11-14(10,12)13)7-3-2-4-8(9)5-7/h2-6,11H,1H3,(H2,10,12,13)/t6-/m1/s1. The van der Waals surface area contributed by atoms with Gasteiger partial charge in [-0.15, -0.1) is 0 Å². The second-order valence-electron chi connectivity index (χ2n) is 2.94. The molecule has 78 valence electrons. The van der Waals surface area contributed by atoms with Gasteiger partial charge in [-0.3, -0.25) is 0 Å². The van der Waals surface area contributed by atoms with Crippen LogP contribution >= 0.6 is 15.9 Å². The SMILES string of the molecule is C[C@@H](NS(N)(=O)=O)c1cccc(Br)c1. The lowest BCUT2D eigenvalue weighted by molar-refractivity contribution is 0.568. The molecule has 4 nitrogen and oxygen atoms in total. The van der Waals surface area contributed by atoms with E-state index in [-0.39, 0.29) is 6.04 Å². The van der Waals surface area contributed by atoms with Crippen molar-refractivity contribution in [2.45, 2.75) is 13.0 Å². The van der Waals surface area contributed by atoms with Gasteiger partial charge in [-0.05, 0) is 24.6 Å². The Morgan fingerprint density at radius 2 is 2.14 bits per heavy atom. The molecule has 0 aliphatic rings. The lowest BCUT2D eigenvalue weighted by Gasteiger charge is -2.12. The molecule has 1 aromatic rings. The number of benzene rings is 1. The monoisotopic (exact) mass is 278 g/mol. The fourth-order valence-corrected chi connectivity index (χ4v) is 2.14. The molecule has 0 heterocycles. The van der Waals surface area contributed by atoms with Crippen LogP contribution in [-0.4, -0.2) is 8.42 Å². The van der Waals surface area contributed by atoms with Gasteiger partial charge in [0.1, 0.15) is 0 Å². The molecule has 1 rings (SSSR count). The molecule has 1 atom stereocenters. The topological polar surface area (TPSA) is 72.2 Å². The zero-order valence-electron chi connectivity index (χ0n) is 7.57. The quantitative estimate of drug-likeness (QED) is 0.875. The van der Waals surface area contributed by atoms with Gasteiger partial charge in [0.25, 0.3) is 10.2 Å². The van der Waals surface area contributed by atoms with E-state index in [1.54, 1.807) is 6.92 Å². The molecule has 0 saturated heterocycles. The van der Waals surface area contributed by atoms with E-state index in [0.29, 0.717) is 0 Å². The van der Waals surface area contributed by atoms with Gasteiger partial charge in [-0.25, -0.2) is 5.14 Å². The van der Waals surface area contributed by atoms with Crippen LogP contribution in [0, 0.1) is 0 Å². The highest BCUT2D eigenvalue weighted by Gasteiger charge is 2.10. The Labute approximate surface area is 91.8 Å². The molecule has 0 spiro atoms. The van der Waals surface area contributed by atoms with Crippen LogP contribution in [0.5, 0.6) is 0 Å². The van der Waals surface area contributed by atoms with Gasteiger partial charge < -0.3 is 0 Å². The summed E-state index contributed by atoms with van der Waals surface area (Å²) >= 11 is 3.30. The van der Waals surface area contributed by atoms with E-state index in [1.807, 2.05) is 24.3 Å². The summed E-state index contributed by atoms with van der Waals surface area (Å²) in [6.45, 7) is 1.73. The summed E-state index contributed by atoms with van der Waals surface area (Å²) in [7, 11) is -3.65. The molecule has 0 amide bonds. The van der Waals surface area contributed by atoms with Crippen molar-refractivity contribution in [2.75, 3.05) is 0 Å². The van der Waals surface area contributed by atoms with Crippen LogP contribution in [0.1, 0.15) is 18.5 Å². The molecule has 1 aromatic carbocycles. The molecule has 0 radical (unpaired) electrons. The van der Waals surface area contributed by atoms with Gasteiger partial charge >= 0.3 is 0 Å². The molecule has 0 aliphatic carbocycles. The van der Waals surface area contributed by atoms with E-state index in [1.165, 1.54) is 0 Å². The van der Waals surface area contributed by atoms with E-state index >= 15 is 0 Å². The summed E-state index contributed by atoms with van der Waals surface area (Å²) in [5, 5.41) is 4.86. The number of nitrogens with one attached hydrogen (secondary N) is 1. The van der Waals surface area contributed by atoms with Crippen molar-refractivity contribution in [1.29, 1.82) is 0 Å². The Kier molecular flexibility index (Phi) is 3.65. The van der Waals surface area contributed by atoms with E-state index in [0.717, 1.165) is 10.0 Å². The molecular formula is C8H11BrN2O2S. The van der Waals surface area contributed by atoms with E-state index in [9.17, 15) is 8.42 Å². The Bertz CT molecular complexity index is 419. The molecule has 0 aliphatic heterocycles. The minimum Gasteiger partial charge on any atom is -0.216 e. The van der Waals surface area contributed by atoms with Crippen molar-refractivity contribution in [3.63, 3.8) is 0 Å². The first-order valence-electron chi connectivity index (χ1n) is 3.94. The average molecular weight is 279 g/mol. The third kappa shape index (κ3) is 3.75. The summed E-state index contributed by atoms with van der Waals surface area (Å²) in [6, 6.07) is 7.03. The van der Waals surface area contributed by atoms with E-state index in [2.05, 4.69) is 20.7 Å². The van der Waals surface area contributed by atoms with Crippen molar-refractivity contribution in [3.8, 4) is 0 Å². The van der Waals surface area contributed by atoms with Crippen LogP contribution in [0.4, 0.5) is 0 Å². The highest BCUT2D eigenvalue weighted by molar-refractivity contribution is 9.10. The Hall–Kier alpha value is -0.430. The van der Waals surface area contributed by atoms with Crippen LogP contribution in [-0.2, 0) is 10.2 Å². The molecule has 3 N–H and O–H groups in total. The van der Waals surface area contributed by atoms with Crippen molar-refractivity contribution >= 4 is 26.1 Å². The largest absolute Gasteiger partial charge is 0.274 e. The smallest absolute Gasteiger partial charge is 0.216 e. The second-order valence-corrected chi connectivity index (χ2v) is 5.18. The zero-order chi connectivity index (χ0) is 10.8. The van der Waals surface area contributed by atoms with Crippen molar-refractivity contribution in [3.05, 3.63) is 34.3 Å². The molecule has 14 heavy (non-hydrogen) atoms.